The van der Waals surface area contributed by atoms with Crippen LogP contribution in [0.15, 0.2) is 65.1 Å². The van der Waals surface area contributed by atoms with Crippen molar-refractivity contribution in [3.8, 4) is 5.69 Å². The summed E-state index contributed by atoms with van der Waals surface area (Å²) in [5.74, 6) is 1.67. The Labute approximate surface area is 209 Å². The maximum atomic E-state index is 13.6. The van der Waals surface area contributed by atoms with E-state index in [1.807, 2.05) is 65.3 Å². The second-order valence-electron chi connectivity index (χ2n) is 8.64. The molecule has 2 N–H and O–H groups in total. The van der Waals surface area contributed by atoms with Crippen LogP contribution in [-0.2, 0) is 6.54 Å². The van der Waals surface area contributed by atoms with Gasteiger partial charge in [0.2, 0.25) is 5.78 Å². The molecule has 0 aliphatic rings. The lowest BCUT2D eigenvalue weighted by molar-refractivity contribution is 0.695. The van der Waals surface area contributed by atoms with E-state index in [1.165, 1.54) is 6.33 Å². The number of rotatable bonds is 6. The van der Waals surface area contributed by atoms with Gasteiger partial charge in [0.1, 0.15) is 11.8 Å². The zero-order valence-corrected chi connectivity index (χ0v) is 20.6. The van der Waals surface area contributed by atoms with Crippen molar-refractivity contribution in [1.82, 2.24) is 38.7 Å². The van der Waals surface area contributed by atoms with Crippen LogP contribution in [0.2, 0.25) is 0 Å². The van der Waals surface area contributed by atoms with Gasteiger partial charge in [-0.3, -0.25) is 9.20 Å². The highest BCUT2D eigenvalue weighted by molar-refractivity contribution is 7.99. The van der Waals surface area contributed by atoms with E-state index in [0.717, 1.165) is 51.9 Å². The number of nitrogens with zero attached hydrogens (tertiary/aromatic N) is 8. The third-order valence-corrected chi connectivity index (χ3v) is 7.22. The lowest BCUT2D eigenvalue weighted by Gasteiger charge is -2.14. The monoisotopic (exact) mass is 497 g/mol. The SMILES string of the molecule is Cc1ccc(C)c(-n2c(=O)c3ccccc3n3c(SCCCn4cnc5c(N)ncnc54)nnc23)c1. The molecule has 180 valence electrons. The van der Waals surface area contributed by atoms with Crippen molar-refractivity contribution in [1.29, 1.82) is 0 Å². The topological polar surface area (TPSA) is 122 Å². The first kappa shape index (κ1) is 22.2. The second kappa shape index (κ2) is 8.76. The number of thioether (sulfide) groups is 1. The molecule has 0 amide bonds. The van der Waals surface area contributed by atoms with Crippen LogP contribution in [0.25, 0.3) is 33.5 Å². The van der Waals surface area contributed by atoms with Crippen LogP contribution in [0.5, 0.6) is 0 Å². The van der Waals surface area contributed by atoms with Crippen LogP contribution in [0.3, 0.4) is 0 Å². The maximum absolute atomic E-state index is 13.6. The zero-order chi connectivity index (χ0) is 24.8. The normalized spacial score (nSPS) is 11.7. The molecule has 0 aliphatic heterocycles. The van der Waals surface area contributed by atoms with Gasteiger partial charge in [-0.25, -0.2) is 19.5 Å². The molecule has 6 rings (SSSR count). The van der Waals surface area contributed by atoms with Crippen LogP contribution in [0.1, 0.15) is 17.5 Å². The molecule has 0 saturated heterocycles. The van der Waals surface area contributed by atoms with E-state index in [1.54, 1.807) is 22.7 Å². The van der Waals surface area contributed by atoms with Gasteiger partial charge in [0.15, 0.2) is 16.6 Å². The number of hydrogen-bond donors (Lipinski definition) is 1. The predicted octanol–water partition coefficient (Wildman–Crippen LogP) is 3.55. The fourth-order valence-electron chi connectivity index (χ4n) is 4.41. The first-order chi connectivity index (χ1) is 17.5. The van der Waals surface area contributed by atoms with Crippen LogP contribution < -0.4 is 11.3 Å². The Bertz CT molecular complexity index is 1820. The van der Waals surface area contributed by atoms with Crippen LogP contribution in [-0.4, -0.2) is 44.4 Å². The number of para-hydroxylation sites is 1. The number of anilines is 1. The Balaban J connectivity index is 1.36. The number of hydrogen-bond acceptors (Lipinski definition) is 8. The third kappa shape index (κ3) is 3.59. The van der Waals surface area contributed by atoms with E-state index in [0.29, 0.717) is 22.5 Å². The minimum Gasteiger partial charge on any atom is -0.382 e. The molecule has 4 heterocycles. The van der Waals surface area contributed by atoms with Crippen molar-refractivity contribution in [2.24, 2.45) is 0 Å². The summed E-state index contributed by atoms with van der Waals surface area (Å²) >= 11 is 1.60. The summed E-state index contributed by atoms with van der Waals surface area (Å²) in [6, 6.07) is 13.7. The third-order valence-electron chi connectivity index (χ3n) is 6.20. The summed E-state index contributed by atoms with van der Waals surface area (Å²) in [4.78, 5) is 26.2. The van der Waals surface area contributed by atoms with E-state index in [-0.39, 0.29) is 5.56 Å². The van der Waals surface area contributed by atoms with Crippen molar-refractivity contribution >= 4 is 45.4 Å². The summed E-state index contributed by atoms with van der Waals surface area (Å²) in [5, 5.41) is 10.3. The Morgan fingerprint density at radius 2 is 1.89 bits per heavy atom. The largest absolute Gasteiger partial charge is 0.382 e. The van der Waals surface area contributed by atoms with Crippen LogP contribution in [0.4, 0.5) is 5.82 Å². The Morgan fingerprint density at radius 1 is 1.03 bits per heavy atom. The van der Waals surface area contributed by atoms with Gasteiger partial charge in [-0.2, -0.15) is 0 Å². The molecule has 11 heteroatoms. The number of nitrogens with two attached hydrogens (primary N) is 1. The molecular formula is C25H23N9OS. The summed E-state index contributed by atoms with van der Waals surface area (Å²) in [7, 11) is 0. The number of fused-ring (bicyclic) bond motifs is 4. The molecule has 0 saturated carbocycles. The molecule has 2 aromatic carbocycles. The Kier molecular flexibility index (Phi) is 5.41. The molecule has 0 unspecified atom stereocenters. The highest BCUT2D eigenvalue weighted by atomic mass is 32.2. The van der Waals surface area contributed by atoms with E-state index >= 15 is 0 Å². The van der Waals surface area contributed by atoms with Gasteiger partial charge in [-0.15, -0.1) is 10.2 Å². The molecule has 0 fully saturated rings. The van der Waals surface area contributed by atoms with Crippen molar-refractivity contribution in [3.63, 3.8) is 0 Å². The van der Waals surface area contributed by atoms with E-state index in [2.05, 4.69) is 25.1 Å². The molecule has 0 spiro atoms. The van der Waals surface area contributed by atoms with Gasteiger partial charge in [0.25, 0.3) is 5.56 Å². The lowest BCUT2D eigenvalue weighted by Crippen LogP contribution is -2.22. The van der Waals surface area contributed by atoms with E-state index in [4.69, 9.17) is 5.73 Å². The zero-order valence-electron chi connectivity index (χ0n) is 19.8. The molecule has 6 aromatic rings. The molecule has 36 heavy (non-hydrogen) atoms. The van der Waals surface area contributed by atoms with E-state index in [9.17, 15) is 4.79 Å². The summed E-state index contributed by atoms with van der Waals surface area (Å²) < 4.78 is 5.62. The van der Waals surface area contributed by atoms with Crippen molar-refractivity contribution in [2.45, 2.75) is 32.0 Å². The fraction of sp³-hybridized carbons (Fsp3) is 0.200. The Morgan fingerprint density at radius 3 is 2.78 bits per heavy atom. The second-order valence-corrected chi connectivity index (χ2v) is 9.70. The molecule has 0 aliphatic carbocycles. The van der Waals surface area contributed by atoms with Gasteiger partial charge in [-0.1, -0.05) is 36.0 Å². The number of nitrogen functional groups attached to an aromatic ring is 1. The van der Waals surface area contributed by atoms with Gasteiger partial charge in [0, 0.05) is 12.3 Å². The molecule has 0 atom stereocenters. The van der Waals surface area contributed by atoms with Crippen LogP contribution >= 0.6 is 11.8 Å². The maximum Gasteiger partial charge on any atom is 0.267 e. The number of imidazole rings is 1. The lowest BCUT2D eigenvalue weighted by atomic mass is 10.1. The molecule has 0 bridgehead atoms. The van der Waals surface area contributed by atoms with E-state index < -0.39 is 0 Å². The minimum atomic E-state index is -0.107. The summed E-state index contributed by atoms with van der Waals surface area (Å²) in [6.45, 7) is 4.74. The van der Waals surface area contributed by atoms with Crippen molar-refractivity contribution < 1.29 is 0 Å². The summed E-state index contributed by atoms with van der Waals surface area (Å²) in [6.07, 6.45) is 4.04. The standard InChI is InChI=1S/C25H23N9OS/c1-15-8-9-16(2)19(12-15)33-23(35)17-6-3-4-7-18(17)34-24(33)30-31-25(34)36-11-5-10-32-14-29-20-21(26)27-13-28-22(20)32/h3-4,6-9,12-14H,5,10-11H2,1-2H3,(H2,26,27,28). The number of aromatic nitrogens is 8. The van der Waals surface area contributed by atoms with Gasteiger partial charge < -0.3 is 10.3 Å². The fourth-order valence-corrected chi connectivity index (χ4v) is 5.27. The molecule has 4 aromatic heterocycles. The average Bonchev–Trinajstić information content (AvgIpc) is 3.49. The van der Waals surface area contributed by atoms with Crippen molar-refractivity contribution in [3.05, 3.63) is 76.6 Å². The minimum absolute atomic E-state index is 0.107. The highest BCUT2D eigenvalue weighted by Gasteiger charge is 2.19. The number of benzene rings is 2. The average molecular weight is 498 g/mol. The number of aryl methyl sites for hydroxylation is 3. The summed E-state index contributed by atoms with van der Waals surface area (Å²) in [5.41, 5.74) is 10.8. The molecule has 0 radical (unpaired) electrons. The molecule has 10 nitrogen and oxygen atoms in total. The quantitative estimate of drug-likeness (QED) is 0.274. The molecular weight excluding hydrogens is 474 g/mol. The van der Waals surface area contributed by atoms with Crippen LogP contribution in [0, 0.1) is 13.8 Å². The van der Waals surface area contributed by atoms with Gasteiger partial charge in [-0.05, 0) is 49.6 Å². The smallest absolute Gasteiger partial charge is 0.267 e. The van der Waals surface area contributed by atoms with Gasteiger partial charge in [0.05, 0.1) is 22.9 Å². The first-order valence-electron chi connectivity index (χ1n) is 11.5. The highest BCUT2D eigenvalue weighted by Crippen LogP contribution is 2.25. The first-order valence-corrected chi connectivity index (χ1v) is 12.5. The van der Waals surface area contributed by atoms with Crippen molar-refractivity contribution in [2.75, 3.05) is 11.5 Å². The Hall–Kier alpha value is -4.25. The predicted molar refractivity (Wildman–Crippen MR) is 141 cm³/mol. The van der Waals surface area contributed by atoms with Gasteiger partial charge >= 0.3 is 0 Å².